The van der Waals surface area contributed by atoms with Crippen molar-refractivity contribution in [3.05, 3.63) is 66.4 Å². The summed E-state index contributed by atoms with van der Waals surface area (Å²) in [5.74, 6) is -0.796. The number of ether oxygens (including phenoxy) is 1. The van der Waals surface area contributed by atoms with Gasteiger partial charge in [0.25, 0.3) is 5.91 Å². The van der Waals surface area contributed by atoms with Crippen LogP contribution in [0.3, 0.4) is 0 Å². The van der Waals surface area contributed by atoms with Gasteiger partial charge in [-0.25, -0.2) is 9.37 Å². The third-order valence-electron chi connectivity index (χ3n) is 10.3. The number of Topliss-reactive ketones (excluding diaryl/α,β-unsaturated/α-hetero) is 1. The first-order valence-electron chi connectivity index (χ1n) is 16.9. The first-order valence-corrected chi connectivity index (χ1v) is 16.9. The van der Waals surface area contributed by atoms with E-state index in [1.54, 1.807) is 12.5 Å². The number of imidazole rings is 1. The molecule has 4 aliphatic rings. The van der Waals surface area contributed by atoms with E-state index < -0.39 is 24.2 Å². The lowest BCUT2D eigenvalue weighted by Crippen LogP contribution is -2.73. The summed E-state index contributed by atoms with van der Waals surface area (Å²) in [6.45, 7) is 5.65. The maximum atomic E-state index is 16.1. The number of morpholine rings is 1. The molecule has 1 aromatic heterocycles. The van der Waals surface area contributed by atoms with Crippen molar-refractivity contribution in [3.8, 4) is 0 Å². The number of rotatable bonds is 12. The van der Waals surface area contributed by atoms with Crippen LogP contribution < -0.4 is 10.6 Å². The van der Waals surface area contributed by atoms with Crippen molar-refractivity contribution in [1.29, 1.82) is 0 Å². The van der Waals surface area contributed by atoms with E-state index in [2.05, 4.69) is 58.6 Å². The highest BCUT2D eigenvalue weighted by atomic mass is 19.1. The van der Waals surface area contributed by atoms with Crippen molar-refractivity contribution in [2.45, 2.75) is 127 Å². The zero-order valence-corrected chi connectivity index (χ0v) is 26.1. The van der Waals surface area contributed by atoms with Crippen LogP contribution in [0, 0.1) is 5.92 Å². The SMILES string of the molecule is CCCC(CCC)NC(=O)C1=CN2C3CC(c4ccccc4)CCC3OC3C(NCCCn4ccnc4)C(F)CC(C1=O)C32. The molecule has 2 N–H and O–H groups in total. The normalized spacial score (nSPS) is 31.3. The Balaban J connectivity index is 1.27. The molecular weight excluding hydrogens is 557 g/mol. The van der Waals surface area contributed by atoms with Gasteiger partial charge < -0.3 is 24.8 Å². The second-order valence-electron chi connectivity index (χ2n) is 13.2. The van der Waals surface area contributed by atoms with Crippen molar-refractivity contribution < 1.29 is 18.7 Å². The Morgan fingerprint density at radius 3 is 2.66 bits per heavy atom. The standard InChI is InChI=1S/C35H48FN5O3/c1-3-9-25(10-4-2)39-35(43)27-21-41-29-19-24(23-11-6-5-7-12-23)13-14-30(29)44-34-31(28(36)20-26(32(34)41)33(27)42)38-15-8-17-40-18-16-37-22-40/h5-7,11-12,16,18,21-22,24-26,28-32,34,38H,3-4,8-10,13-15,17,19-20H2,1-2H3,(H,39,43). The molecule has 8 unspecified atom stereocenters. The van der Waals surface area contributed by atoms with Crippen LogP contribution >= 0.6 is 0 Å². The molecule has 3 heterocycles. The van der Waals surface area contributed by atoms with Gasteiger partial charge in [-0.05, 0) is 63.0 Å². The number of nitrogens with one attached hydrogen (secondary N) is 2. The Hall–Kier alpha value is -3.04. The topological polar surface area (TPSA) is 88.5 Å². The third kappa shape index (κ3) is 6.36. The van der Waals surface area contributed by atoms with Crippen molar-refractivity contribution in [2.75, 3.05) is 6.54 Å². The molecule has 1 amide bonds. The van der Waals surface area contributed by atoms with E-state index in [1.165, 1.54) is 5.56 Å². The van der Waals surface area contributed by atoms with E-state index in [1.807, 2.05) is 23.0 Å². The molecule has 1 aromatic carbocycles. The van der Waals surface area contributed by atoms with E-state index in [4.69, 9.17) is 4.74 Å². The van der Waals surface area contributed by atoms with Gasteiger partial charge in [-0.3, -0.25) is 9.59 Å². The summed E-state index contributed by atoms with van der Waals surface area (Å²) < 4.78 is 24.9. The molecule has 0 spiro atoms. The molecule has 2 saturated carbocycles. The van der Waals surface area contributed by atoms with Gasteiger partial charge in [0.1, 0.15) is 6.17 Å². The monoisotopic (exact) mass is 605 g/mol. The lowest BCUT2D eigenvalue weighted by Gasteiger charge is -2.59. The Morgan fingerprint density at radius 1 is 1.14 bits per heavy atom. The Kier molecular flexibility index (Phi) is 9.81. The first kappa shape index (κ1) is 31.0. The molecule has 2 aromatic rings. The van der Waals surface area contributed by atoms with E-state index in [-0.39, 0.29) is 47.9 Å². The fourth-order valence-corrected chi connectivity index (χ4v) is 8.23. The number of carbonyl (C=O) groups is 2. The van der Waals surface area contributed by atoms with Crippen molar-refractivity contribution in [2.24, 2.45) is 5.92 Å². The van der Waals surface area contributed by atoms with Gasteiger partial charge in [-0.2, -0.15) is 0 Å². The smallest absolute Gasteiger partial charge is 0.256 e. The summed E-state index contributed by atoms with van der Waals surface area (Å²) in [6.07, 6.45) is 12.8. The highest BCUT2D eigenvalue weighted by molar-refractivity contribution is 6.20. The number of aryl methyl sites for hydroxylation is 1. The summed E-state index contributed by atoms with van der Waals surface area (Å²) in [5.41, 5.74) is 1.50. The quantitative estimate of drug-likeness (QED) is 0.264. The van der Waals surface area contributed by atoms with Gasteiger partial charge >= 0.3 is 0 Å². The Bertz CT molecular complexity index is 1280. The maximum Gasteiger partial charge on any atom is 0.256 e. The van der Waals surface area contributed by atoms with Crippen LogP contribution in [0.2, 0.25) is 0 Å². The molecule has 8 nitrogen and oxygen atoms in total. The van der Waals surface area contributed by atoms with E-state index in [9.17, 15) is 9.59 Å². The van der Waals surface area contributed by atoms with Crippen LogP contribution in [-0.2, 0) is 20.9 Å². The van der Waals surface area contributed by atoms with Crippen molar-refractivity contribution in [1.82, 2.24) is 25.1 Å². The minimum absolute atomic E-state index is 0.0220. The molecule has 2 aliphatic heterocycles. The number of alkyl halides is 1. The molecule has 238 valence electrons. The number of amides is 1. The summed E-state index contributed by atoms with van der Waals surface area (Å²) in [7, 11) is 0. The molecular formula is C35H48FN5O3. The fourth-order valence-electron chi connectivity index (χ4n) is 8.23. The summed E-state index contributed by atoms with van der Waals surface area (Å²) >= 11 is 0. The van der Waals surface area contributed by atoms with E-state index in [0.717, 1.165) is 57.9 Å². The molecule has 8 atom stereocenters. The lowest BCUT2D eigenvalue weighted by molar-refractivity contribution is -0.198. The molecule has 44 heavy (non-hydrogen) atoms. The highest BCUT2D eigenvalue weighted by Gasteiger charge is 2.58. The summed E-state index contributed by atoms with van der Waals surface area (Å²) in [4.78, 5) is 34.1. The minimum atomic E-state index is -1.24. The van der Waals surface area contributed by atoms with Crippen LogP contribution in [0.1, 0.15) is 83.1 Å². The number of aromatic nitrogens is 2. The van der Waals surface area contributed by atoms with Crippen molar-refractivity contribution >= 4 is 11.7 Å². The zero-order valence-electron chi connectivity index (χ0n) is 26.1. The predicted octanol–water partition coefficient (Wildman–Crippen LogP) is 4.92. The molecule has 2 aliphatic carbocycles. The van der Waals surface area contributed by atoms with Crippen LogP contribution in [-0.4, -0.2) is 75.2 Å². The number of carbonyl (C=O) groups excluding carboxylic acids is 2. The largest absolute Gasteiger partial charge is 0.369 e. The van der Waals surface area contributed by atoms with E-state index >= 15 is 4.39 Å². The molecule has 6 rings (SSSR count). The van der Waals surface area contributed by atoms with Crippen LogP contribution in [0.15, 0.2) is 60.8 Å². The lowest BCUT2D eigenvalue weighted by atomic mass is 9.68. The number of nitrogens with zero attached hydrogens (tertiary/aromatic N) is 3. The second-order valence-corrected chi connectivity index (χ2v) is 13.2. The highest BCUT2D eigenvalue weighted by Crippen LogP contribution is 2.48. The average Bonchev–Trinajstić information content (AvgIpc) is 3.55. The number of benzene rings is 1. The van der Waals surface area contributed by atoms with Gasteiger partial charge in [0.2, 0.25) is 0 Å². The fraction of sp³-hybridized carbons (Fsp3) is 0.629. The van der Waals surface area contributed by atoms with Crippen LogP contribution in [0.4, 0.5) is 4.39 Å². The molecule has 1 saturated heterocycles. The number of halogens is 1. The maximum absolute atomic E-state index is 16.1. The van der Waals surface area contributed by atoms with Crippen LogP contribution in [0.5, 0.6) is 0 Å². The number of hydrogen-bond acceptors (Lipinski definition) is 6. The predicted molar refractivity (Wildman–Crippen MR) is 168 cm³/mol. The average molecular weight is 606 g/mol. The molecule has 0 bridgehead atoms. The van der Waals surface area contributed by atoms with Gasteiger partial charge in [0.05, 0.1) is 42.2 Å². The van der Waals surface area contributed by atoms with Crippen LogP contribution in [0.25, 0.3) is 0 Å². The summed E-state index contributed by atoms with van der Waals surface area (Å²) in [5, 5.41) is 6.65. The van der Waals surface area contributed by atoms with Crippen molar-refractivity contribution in [3.63, 3.8) is 0 Å². The summed E-state index contributed by atoms with van der Waals surface area (Å²) in [6, 6.07) is 9.84. The van der Waals surface area contributed by atoms with Gasteiger partial charge in [0.15, 0.2) is 5.78 Å². The third-order valence-corrected chi connectivity index (χ3v) is 10.3. The van der Waals surface area contributed by atoms with Gasteiger partial charge in [-0.1, -0.05) is 57.0 Å². The molecule has 9 heteroatoms. The Morgan fingerprint density at radius 2 is 1.93 bits per heavy atom. The first-order chi connectivity index (χ1) is 21.5. The second kappa shape index (κ2) is 13.9. The number of hydrogen-bond donors (Lipinski definition) is 2. The van der Waals surface area contributed by atoms with E-state index in [0.29, 0.717) is 12.5 Å². The number of fused-ring (bicyclic) bond motifs is 2. The molecule has 0 radical (unpaired) electrons. The minimum Gasteiger partial charge on any atom is -0.369 e. The zero-order chi connectivity index (χ0) is 30.6. The van der Waals surface area contributed by atoms with Gasteiger partial charge in [0, 0.05) is 37.1 Å². The molecule has 3 fully saturated rings. The Labute approximate surface area is 260 Å². The van der Waals surface area contributed by atoms with Gasteiger partial charge in [-0.15, -0.1) is 0 Å². The number of ketones is 1.